The van der Waals surface area contributed by atoms with Crippen LogP contribution in [0.1, 0.15) is 34.5 Å². The first-order chi connectivity index (χ1) is 17.0. The van der Waals surface area contributed by atoms with E-state index < -0.39 is 0 Å². The van der Waals surface area contributed by atoms with E-state index in [9.17, 15) is 4.79 Å². The standard InChI is InChI=1S/C28H31N5OS/c1-19-6-7-25(33-10-8-29-9-11-33)16-26(19)28(34)31-20(2)21-13-22(24-17-30-32(3)18-24)15-23(14-21)27-5-4-12-35-27/h4-7,12-18,20,29H,8-11H2,1-3H3,(H,31,34). The Bertz CT molecular complexity index is 1320. The fraction of sp³-hybridized carbons (Fsp3) is 0.286. The maximum Gasteiger partial charge on any atom is 0.252 e. The van der Waals surface area contributed by atoms with Gasteiger partial charge in [0.1, 0.15) is 0 Å². The number of aromatic nitrogens is 2. The number of nitrogens with zero attached hydrogens (tertiary/aromatic N) is 3. The van der Waals surface area contributed by atoms with E-state index in [1.54, 1.807) is 11.3 Å². The largest absolute Gasteiger partial charge is 0.369 e. The number of hydrogen-bond acceptors (Lipinski definition) is 5. The van der Waals surface area contributed by atoms with Gasteiger partial charge in [0.05, 0.1) is 12.2 Å². The normalized spacial score (nSPS) is 14.7. The molecule has 1 saturated heterocycles. The minimum Gasteiger partial charge on any atom is -0.369 e. The Kier molecular flexibility index (Phi) is 6.70. The maximum absolute atomic E-state index is 13.4. The van der Waals surface area contributed by atoms with Gasteiger partial charge < -0.3 is 15.5 Å². The first-order valence-electron chi connectivity index (χ1n) is 12.0. The summed E-state index contributed by atoms with van der Waals surface area (Å²) in [5, 5.41) is 13.1. The first kappa shape index (κ1) is 23.3. The Balaban J connectivity index is 1.43. The van der Waals surface area contributed by atoms with Crippen molar-refractivity contribution in [3.63, 3.8) is 0 Å². The van der Waals surface area contributed by atoms with Crippen LogP contribution in [0.15, 0.2) is 66.3 Å². The molecule has 0 aliphatic carbocycles. The molecular weight excluding hydrogens is 454 g/mol. The lowest BCUT2D eigenvalue weighted by Crippen LogP contribution is -2.43. The molecule has 0 spiro atoms. The Hall–Kier alpha value is -3.42. The molecular formula is C28H31N5OS. The molecule has 2 aromatic heterocycles. The third-order valence-corrected chi connectivity index (χ3v) is 7.51. The highest BCUT2D eigenvalue weighted by molar-refractivity contribution is 7.13. The maximum atomic E-state index is 13.4. The number of benzene rings is 2. The minimum atomic E-state index is -0.153. The highest BCUT2D eigenvalue weighted by Crippen LogP contribution is 2.33. The summed E-state index contributed by atoms with van der Waals surface area (Å²) in [6, 6.07) is 16.8. The lowest BCUT2D eigenvalue weighted by molar-refractivity contribution is 0.0939. The van der Waals surface area contributed by atoms with Crippen molar-refractivity contribution in [1.29, 1.82) is 0 Å². The average Bonchev–Trinajstić information content (AvgIpc) is 3.57. The number of aryl methyl sites for hydroxylation is 2. The van der Waals surface area contributed by atoms with Gasteiger partial charge in [0.2, 0.25) is 0 Å². The number of carbonyl (C=O) groups is 1. The van der Waals surface area contributed by atoms with Crippen LogP contribution < -0.4 is 15.5 Å². The predicted molar refractivity (Wildman–Crippen MR) is 144 cm³/mol. The number of amides is 1. The molecule has 1 atom stereocenters. The molecule has 35 heavy (non-hydrogen) atoms. The summed E-state index contributed by atoms with van der Waals surface area (Å²) in [5.41, 5.74) is 7.19. The summed E-state index contributed by atoms with van der Waals surface area (Å²) < 4.78 is 1.81. The van der Waals surface area contributed by atoms with E-state index in [2.05, 4.69) is 68.5 Å². The van der Waals surface area contributed by atoms with E-state index in [1.807, 2.05) is 44.0 Å². The molecule has 1 aliphatic heterocycles. The molecule has 0 radical (unpaired) electrons. The molecule has 2 N–H and O–H groups in total. The molecule has 180 valence electrons. The molecule has 4 aromatic rings. The molecule has 0 bridgehead atoms. The van der Waals surface area contributed by atoms with E-state index in [1.165, 1.54) is 4.88 Å². The fourth-order valence-corrected chi connectivity index (χ4v) is 5.27. The van der Waals surface area contributed by atoms with Crippen LogP contribution in [0.25, 0.3) is 21.6 Å². The molecule has 1 amide bonds. The zero-order valence-electron chi connectivity index (χ0n) is 20.4. The van der Waals surface area contributed by atoms with Gasteiger partial charge in [-0.05, 0) is 77.9 Å². The van der Waals surface area contributed by atoms with E-state index in [0.29, 0.717) is 0 Å². The number of hydrogen-bond donors (Lipinski definition) is 2. The molecule has 5 rings (SSSR count). The Morgan fingerprint density at radius 3 is 2.60 bits per heavy atom. The van der Waals surface area contributed by atoms with E-state index in [0.717, 1.165) is 65.2 Å². The molecule has 1 fully saturated rings. The van der Waals surface area contributed by atoms with Crippen LogP contribution in [0, 0.1) is 6.92 Å². The summed E-state index contributed by atoms with van der Waals surface area (Å²) in [5.74, 6) is -0.0450. The van der Waals surface area contributed by atoms with Gasteiger partial charge in [-0.15, -0.1) is 11.3 Å². The zero-order valence-corrected chi connectivity index (χ0v) is 21.2. The monoisotopic (exact) mass is 485 g/mol. The van der Waals surface area contributed by atoms with Gasteiger partial charge in [0.25, 0.3) is 5.91 Å². The zero-order chi connectivity index (χ0) is 24.4. The van der Waals surface area contributed by atoms with Gasteiger partial charge in [-0.1, -0.05) is 12.1 Å². The summed E-state index contributed by atoms with van der Waals surface area (Å²) in [6.45, 7) is 7.88. The quantitative estimate of drug-likeness (QED) is 0.402. The van der Waals surface area contributed by atoms with E-state index in [-0.39, 0.29) is 11.9 Å². The lowest BCUT2D eigenvalue weighted by atomic mass is 9.97. The van der Waals surface area contributed by atoms with Crippen molar-refractivity contribution >= 4 is 22.9 Å². The summed E-state index contributed by atoms with van der Waals surface area (Å²) >= 11 is 1.72. The summed E-state index contributed by atoms with van der Waals surface area (Å²) in [6.07, 6.45) is 3.90. The Morgan fingerprint density at radius 1 is 1.09 bits per heavy atom. The van der Waals surface area contributed by atoms with Crippen molar-refractivity contribution in [3.8, 4) is 21.6 Å². The summed E-state index contributed by atoms with van der Waals surface area (Å²) in [4.78, 5) is 16.9. The molecule has 3 heterocycles. The second-order valence-corrected chi connectivity index (χ2v) is 10.1. The van der Waals surface area contributed by atoms with Gasteiger partial charge in [-0.25, -0.2) is 0 Å². The van der Waals surface area contributed by atoms with Crippen LogP contribution >= 0.6 is 11.3 Å². The molecule has 7 heteroatoms. The van der Waals surface area contributed by atoms with Crippen molar-refractivity contribution in [1.82, 2.24) is 20.4 Å². The SMILES string of the molecule is Cc1ccc(N2CCNCC2)cc1C(=O)NC(C)c1cc(-c2cnn(C)c2)cc(-c2cccs2)c1. The third-order valence-electron chi connectivity index (χ3n) is 6.59. The number of carbonyl (C=O) groups excluding carboxylic acids is 1. The van der Waals surface area contributed by atoms with Crippen LogP contribution in [0.3, 0.4) is 0 Å². The number of piperazine rings is 1. The smallest absolute Gasteiger partial charge is 0.252 e. The van der Waals surface area contributed by atoms with Crippen molar-refractivity contribution in [3.05, 3.63) is 83.0 Å². The Labute approximate surface area is 210 Å². The predicted octanol–water partition coefficient (Wildman–Crippen LogP) is 5.02. The van der Waals surface area contributed by atoms with Gasteiger partial charge in [-0.3, -0.25) is 9.48 Å². The first-order valence-corrected chi connectivity index (χ1v) is 12.9. The summed E-state index contributed by atoms with van der Waals surface area (Å²) in [7, 11) is 1.92. The van der Waals surface area contributed by atoms with E-state index >= 15 is 0 Å². The molecule has 1 aliphatic rings. The van der Waals surface area contributed by atoms with E-state index in [4.69, 9.17) is 0 Å². The lowest BCUT2D eigenvalue weighted by Gasteiger charge is -2.30. The second-order valence-electron chi connectivity index (χ2n) is 9.16. The van der Waals surface area contributed by atoms with Gasteiger partial charge in [-0.2, -0.15) is 5.10 Å². The highest BCUT2D eigenvalue weighted by atomic mass is 32.1. The fourth-order valence-electron chi connectivity index (χ4n) is 4.56. The molecule has 1 unspecified atom stereocenters. The van der Waals surface area contributed by atoms with Gasteiger partial charge >= 0.3 is 0 Å². The second kappa shape index (κ2) is 10.1. The number of thiophene rings is 1. The van der Waals surface area contributed by atoms with Crippen molar-refractivity contribution < 1.29 is 4.79 Å². The minimum absolute atomic E-state index is 0.0450. The topological polar surface area (TPSA) is 62.2 Å². The van der Waals surface area contributed by atoms with Crippen LogP contribution in [0.4, 0.5) is 5.69 Å². The van der Waals surface area contributed by atoms with Gasteiger partial charge in [0, 0.05) is 61.1 Å². The number of nitrogens with one attached hydrogen (secondary N) is 2. The van der Waals surface area contributed by atoms with Crippen LogP contribution in [-0.4, -0.2) is 41.9 Å². The van der Waals surface area contributed by atoms with Crippen LogP contribution in [0.2, 0.25) is 0 Å². The van der Waals surface area contributed by atoms with Crippen molar-refractivity contribution in [2.75, 3.05) is 31.1 Å². The number of anilines is 1. The van der Waals surface area contributed by atoms with Crippen molar-refractivity contribution in [2.45, 2.75) is 19.9 Å². The van der Waals surface area contributed by atoms with Crippen LogP contribution in [0.5, 0.6) is 0 Å². The molecule has 6 nitrogen and oxygen atoms in total. The van der Waals surface area contributed by atoms with Gasteiger partial charge in [0.15, 0.2) is 0 Å². The molecule has 0 saturated carbocycles. The third kappa shape index (κ3) is 5.16. The molecule has 2 aromatic carbocycles. The highest BCUT2D eigenvalue weighted by Gasteiger charge is 2.18. The number of rotatable bonds is 6. The van der Waals surface area contributed by atoms with Crippen LogP contribution in [-0.2, 0) is 7.05 Å². The van der Waals surface area contributed by atoms with Crippen molar-refractivity contribution in [2.24, 2.45) is 7.05 Å². The average molecular weight is 486 g/mol. The Morgan fingerprint density at radius 2 is 1.89 bits per heavy atom.